The third-order valence-corrected chi connectivity index (χ3v) is 3.96. The van der Waals surface area contributed by atoms with Crippen molar-refractivity contribution in [3.8, 4) is 5.75 Å². The fraction of sp³-hybridized carbons (Fsp3) is 0.500. The van der Waals surface area contributed by atoms with Crippen molar-refractivity contribution >= 4 is 7.60 Å². The Balaban J connectivity index is 2.86. The van der Waals surface area contributed by atoms with Crippen LogP contribution < -0.4 is 4.52 Å². The molecule has 1 N–H and O–H groups in total. The highest BCUT2D eigenvalue weighted by Crippen LogP contribution is 2.43. The van der Waals surface area contributed by atoms with Crippen LogP contribution in [-0.2, 0) is 11.0 Å². The molecule has 3 nitrogen and oxygen atoms in total. The Morgan fingerprint density at radius 2 is 2.06 bits per heavy atom. The Kier molecular flexibility index (Phi) is 4.57. The number of rotatable bonds is 5. The summed E-state index contributed by atoms with van der Waals surface area (Å²) in [6, 6.07) is 5.50. The van der Waals surface area contributed by atoms with Gasteiger partial charge in [-0.05, 0) is 43.0 Å². The minimum Gasteiger partial charge on any atom is -0.424 e. The second-order valence-corrected chi connectivity index (χ2v) is 5.80. The van der Waals surface area contributed by atoms with Crippen LogP contribution in [0.15, 0.2) is 18.2 Å². The van der Waals surface area contributed by atoms with E-state index >= 15 is 0 Å². The van der Waals surface area contributed by atoms with Gasteiger partial charge < -0.3 is 9.42 Å². The first-order chi connectivity index (χ1) is 7.48. The van der Waals surface area contributed by atoms with Crippen molar-refractivity contribution in [2.45, 2.75) is 33.6 Å². The van der Waals surface area contributed by atoms with Gasteiger partial charge in [0, 0.05) is 0 Å². The van der Waals surface area contributed by atoms with E-state index in [1.165, 1.54) is 5.56 Å². The Morgan fingerprint density at radius 3 is 2.62 bits per heavy atom. The molecule has 0 aromatic heterocycles. The van der Waals surface area contributed by atoms with Gasteiger partial charge >= 0.3 is 7.60 Å². The Hall–Kier alpha value is -0.790. The van der Waals surface area contributed by atoms with Gasteiger partial charge in [0.25, 0.3) is 0 Å². The smallest absolute Gasteiger partial charge is 0.376 e. The maximum absolute atomic E-state index is 11.6. The molecule has 0 saturated carbocycles. The molecule has 16 heavy (non-hydrogen) atoms. The molecule has 0 bridgehead atoms. The van der Waals surface area contributed by atoms with E-state index in [-0.39, 0.29) is 6.16 Å². The van der Waals surface area contributed by atoms with Crippen molar-refractivity contribution in [2.75, 3.05) is 6.16 Å². The highest BCUT2D eigenvalue weighted by Gasteiger charge is 2.19. The Morgan fingerprint density at radius 1 is 1.38 bits per heavy atom. The molecule has 90 valence electrons. The van der Waals surface area contributed by atoms with Gasteiger partial charge in [0.05, 0.1) is 6.16 Å². The monoisotopic (exact) mass is 242 g/mol. The van der Waals surface area contributed by atoms with Crippen LogP contribution in [0, 0.1) is 6.92 Å². The molecule has 0 radical (unpaired) electrons. The molecule has 0 heterocycles. The van der Waals surface area contributed by atoms with Gasteiger partial charge in [0.2, 0.25) is 0 Å². The summed E-state index contributed by atoms with van der Waals surface area (Å²) in [5.74, 6) is 0.488. The SMILES string of the molecule is CCCP(=O)(O)Oc1ccc(C)c(CC)c1. The summed E-state index contributed by atoms with van der Waals surface area (Å²) in [6.07, 6.45) is 1.73. The normalized spacial score (nSPS) is 14.5. The number of hydrogen-bond donors (Lipinski definition) is 1. The first-order valence-electron chi connectivity index (χ1n) is 5.59. The quantitative estimate of drug-likeness (QED) is 0.803. The topological polar surface area (TPSA) is 46.5 Å². The van der Waals surface area contributed by atoms with Crippen LogP contribution in [0.2, 0.25) is 0 Å². The minimum absolute atomic E-state index is 0.197. The van der Waals surface area contributed by atoms with Gasteiger partial charge in [-0.15, -0.1) is 0 Å². The molecule has 0 aliphatic rings. The molecule has 0 saturated heterocycles. The molecule has 0 aliphatic heterocycles. The van der Waals surface area contributed by atoms with Crippen LogP contribution in [0.4, 0.5) is 0 Å². The first kappa shape index (κ1) is 13.3. The predicted octanol–water partition coefficient (Wildman–Crippen LogP) is 3.53. The van der Waals surface area contributed by atoms with Crippen LogP contribution in [0.25, 0.3) is 0 Å². The summed E-state index contributed by atoms with van der Waals surface area (Å²) in [6.45, 7) is 5.93. The highest BCUT2D eigenvalue weighted by atomic mass is 31.2. The largest absolute Gasteiger partial charge is 0.424 e. The molecule has 4 heteroatoms. The van der Waals surface area contributed by atoms with E-state index < -0.39 is 7.60 Å². The molecular weight excluding hydrogens is 223 g/mol. The Labute approximate surface area is 97.0 Å². The summed E-state index contributed by atoms with van der Waals surface area (Å²) in [7, 11) is -3.46. The highest BCUT2D eigenvalue weighted by molar-refractivity contribution is 7.53. The summed E-state index contributed by atoms with van der Waals surface area (Å²) < 4.78 is 16.8. The van der Waals surface area contributed by atoms with Crippen molar-refractivity contribution in [1.82, 2.24) is 0 Å². The van der Waals surface area contributed by atoms with Gasteiger partial charge in [-0.1, -0.05) is 19.9 Å². The van der Waals surface area contributed by atoms with Crippen molar-refractivity contribution in [3.63, 3.8) is 0 Å². The maximum Gasteiger partial charge on any atom is 0.376 e. The van der Waals surface area contributed by atoms with Crippen molar-refractivity contribution in [1.29, 1.82) is 0 Å². The van der Waals surface area contributed by atoms with E-state index in [0.717, 1.165) is 12.0 Å². The molecule has 0 spiro atoms. The lowest BCUT2D eigenvalue weighted by Crippen LogP contribution is -1.97. The average molecular weight is 242 g/mol. The molecule has 1 aromatic carbocycles. The van der Waals surface area contributed by atoms with Gasteiger partial charge in [-0.2, -0.15) is 0 Å². The van der Waals surface area contributed by atoms with Gasteiger partial charge in [0.1, 0.15) is 5.75 Å². The zero-order valence-corrected chi connectivity index (χ0v) is 11.0. The summed E-state index contributed by atoms with van der Waals surface area (Å²) in [4.78, 5) is 9.53. The molecular formula is C12H19O3P. The number of hydrogen-bond acceptors (Lipinski definition) is 2. The zero-order chi connectivity index (χ0) is 12.2. The lowest BCUT2D eigenvalue weighted by molar-refractivity contribution is 0.379. The molecule has 1 aromatic rings. The van der Waals surface area contributed by atoms with Gasteiger partial charge in [-0.3, -0.25) is 0 Å². The van der Waals surface area contributed by atoms with Crippen molar-refractivity contribution < 1.29 is 14.0 Å². The third-order valence-electron chi connectivity index (χ3n) is 2.46. The second kappa shape index (κ2) is 5.51. The molecule has 0 fully saturated rings. The fourth-order valence-electron chi connectivity index (χ4n) is 1.58. The van der Waals surface area contributed by atoms with Crippen LogP contribution in [0.1, 0.15) is 31.4 Å². The molecule has 0 aliphatic carbocycles. The summed E-state index contributed by atoms with van der Waals surface area (Å²) in [5, 5.41) is 0. The molecule has 1 unspecified atom stereocenters. The van der Waals surface area contributed by atoms with Crippen LogP contribution in [-0.4, -0.2) is 11.1 Å². The van der Waals surface area contributed by atoms with Crippen LogP contribution in [0.3, 0.4) is 0 Å². The average Bonchev–Trinajstić information content (AvgIpc) is 2.20. The molecule has 1 rings (SSSR count). The van der Waals surface area contributed by atoms with Crippen molar-refractivity contribution in [2.24, 2.45) is 0 Å². The molecule has 0 amide bonds. The van der Waals surface area contributed by atoms with E-state index in [4.69, 9.17) is 4.52 Å². The van der Waals surface area contributed by atoms with E-state index in [1.807, 2.05) is 26.0 Å². The standard InChI is InChI=1S/C12H19O3P/c1-4-8-16(13,14)15-12-7-6-10(3)11(5-2)9-12/h6-7,9H,4-5,8H2,1-3H3,(H,13,14). The van der Waals surface area contributed by atoms with Gasteiger partial charge in [0.15, 0.2) is 0 Å². The molecule has 1 atom stereocenters. The van der Waals surface area contributed by atoms with E-state index in [2.05, 4.69) is 6.92 Å². The number of benzene rings is 1. The fourth-order valence-corrected chi connectivity index (χ4v) is 2.68. The maximum atomic E-state index is 11.6. The summed E-state index contributed by atoms with van der Waals surface area (Å²) in [5.41, 5.74) is 2.33. The van der Waals surface area contributed by atoms with E-state index in [1.54, 1.807) is 6.07 Å². The second-order valence-electron chi connectivity index (χ2n) is 3.89. The number of aryl methyl sites for hydroxylation is 2. The van der Waals surface area contributed by atoms with Gasteiger partial charge in [-0.25, -0.2) is 4.57 Å². The first-order valence-corrected chi connectivity index (χ1v) is 7.35. The minimum atomic E-state index is -3.46. The van der Waals surface area contributed by atoms with Crippen LogP contribution >= 0.6 is 7.60 Å². The zero-order valence-electron chi connectivity index (χ0n) is 10.1. The lowest BCUT2D eigenvalue weighted by Gasteiger charge is -2.14. The van der Waals surface area contributed by atoms with E-state index in [9.17, 15) is 9.46 Å². The predicted molar refractivity (Wildman–Crippen MR) is 66.2 cm³/mol. The third kappa shape index (κ3) is 3.66. The van der Waals surface area contributed by atoms with E-state index in [0.29, 0.717) is 12.2 Å². The van der Waals surface area contributed by atoms with Crippen molar-refractivity contribution in [3.05, 3.63) is 29.3 Å². The summed E-state index contributed by atoms with van der Waals surface area (Å²) >= 11 is 0. The Bertz CT molecular complexity index is 401. The lowest BCUT2D eigenvalue weighted by atomic mass is 10.1. The van der Waals surface area contributed by atoms with Crippen LogP contribution in [0.5, 0.6) is 5.75 Å².